The number of carbonyl (C=O) groups is 1. The lowest BCUT2D eigenvalue weighted by molar-refractivity contribution is -0.136. The van der Waals surface area contributed by atoms with Gasteiger partial charge in [-0.2, -0.15) is 5.26 Å². The van der Waals surface area contributed by atoms with Crippen molar-refractivity contribution in [2.45, 2.75) is 62.5 Å². The summed E-state index contributed by atoms with van der Waals surface area (Å²) in [5, 5.41) is 23.1. The Morgan fingerprint density at radius 2 is 1.88 bits per heavy atom. The quantitative estimate of drug-likeness (QED) is 0.730. The van der Waals surface area contributed by atoms with E-state index >= 15 is 0 Å². The Morgan fingerprint density at radius 3 is 2.53 bits per heavy atom. The number of hydrogen-bond donors (Lipinski definition) is 2. The third-order valence-electron chi connectivity index (χ3n) is 8.66. The summed E-state index contributed by atoms with van der Waals surface area (Å²) in [6.45, 7) is 1.74. The van der Waals surface area contributed by atoms with Crippen LogP contribution in [0.4, 0.5) is 5.82 Å². The molecule has 34 heavy (non-hydrogen) atoms. The Hall–Kier alpha value is -2.98. The molecular formula is C27H31N5O2. The molecule has 2 N–H and O–H groups in total. The van der Waals surface area contributed by atoms with Gasteiger partial charge in [0.05, 0.1) is 11.2 Å². The molecule has 4 saturated carbocycles. The summed E-state index contributed by atoms with van der Waals surface area (Å²) in [5.74, 6) is 2.55. The van der Waals surface area contributed by atoms with E-state index < -0.39 is 5.60 Å². The number of hydrogen-bond acceptors (Lipinski definition) is 6. The molecule has 7 rings (SSSR count). The molecule has 176 valence electrons. The maximum atomic E-state index is 13.2. The monoisotopic (exact) mass is 457 g/mol. The second-order valence-electron chi connectivity index (χ2n) is 10.9. The molecule has 2 aromatic rings. The van der Waals surface area contributed by atoms with Crippen molar-refractivity contribution in [3.8, 4) is 6.07 Å². The summed E-state index contributed by atoms with van der Waals surface area (Å²) in [7, 11) is 0. The molecule has 7 nitrogen and oxygen atoms in total. The van der Waals surface area contributed by atoms with E-state index in [2.05, 4.69) is 21.3 Å². The Labute approximate surface area is 200 Å². The van der Waals surface area contributed by atoms with Crippen LogP contribution in [0.3, 0.4) is 0 Å². The van der Waals surface area contributed by atoms with Gasteiger partial charge in [-0.3, -0.25) is 4.79 Å². The number of piperidine rings is 1. The summed E-state index contributed by atoms with van der Waals surface area (Å²) < 4.78 is 0. The molecule has 5 fully saturated rings. The van der Waals surface area contributed by atoms with Crippen molar-refractivity contribution >= 4 is 11.7 Å². The predicted molar refractivity (Wildman–Crippen MR) is 127 cm³/mol. The van der Waals surface area contributed by atoms with E-state index in [0.717, 1.165) is 69.5 Å². The number of aromatic nitrogens is 2. The topological polar surface area (TPSA) is 102 Å². The van der Waals surface area contributed by atoms with Gasteiger partial charge in [-0.1, -0.05) is 6.07 Å². The molecule has 2 unspecified atom stereocenters. The van der Waals surface area contributed by atoms with E-state index in [4.69, 9.17) is 10.2 Å². The third kappa shape index (κ3) is 3.94. The molecule has 1 aliphatic heterocycles. The Kier molecular flexibility index (Phi) is 5.29. The first kappa shape index (κ1) is 21.5. The number of nitrogens with one attached hydrogen (secondary N) is 1. The summed E-state index contributed by atoms with van der Waals surface area (Å²) in [6.07, 6.45) is 8.38. The van der Waals surface area contributed by atoms with Crippen LogP contribution < -0.4 is 10.2 Å². The van der Waals surface area contributed by atoms with Gasteiger partial charge in [-0.05, 0) is 87.0 Å². The van der Waals surface area contributed by atoms with Crippen molar-refractivity contribution in [3.05, 3.63) is 53.5 Å². The van der Waals surface area contributed by atoms with Gasteiger partial charge in [0.2, 0.25) is 0 Å². The number of carbonyl (C=O) groups excluding carboxylic acids is 1. The average molecular weight is 458 g/mol. The zero-order valence-electron chi connectivity index (χ0n) is 19.4. The Morgan fingerprint density at radius 1 is 1.12 bits per heavy atom. The molecule has 1 saturated heterocycles. The van der Waals surface area contributed by atoms with Crippen LogP contribution >= 0.6 is 0 Å². The number of nitriles is 1. The molecule has 0 radical (unpaired) electrons. The fraction of sp³-hybridized carbons (Fsp3) is 0.556. The lowest BCUT2D eigenvalue weighted by Crippen LogP contribution is -2.61. The van der Waals surface area contributed by atoms with Crippen LogP contribution in [-0.2, 0) is 0 Å². The number of aliphatic hydroxyl groups is 1. The SMILES string of the molecule is N#Cc1ccc(N2CCC(c3cccc(C(=O)N[C@H]4C5CC6CC4C[C@](O)(C6)C5)n3)CC2)nc1. The van der Waals surface area contributed by atoms with E-state index in [0.29, 0.717) is 34.9 Å². The van der Waals surface area contributed by atoms with Gasteiger partial charge in [0.25, 0.3) is 5.91 Å². The lowest BCUT2D eigenvalue weighted by Gasteiger charge is -2.58. The van der Waals surface area contributed by atoms with Gasteiger partial charge in [0.15, 0.2) is 0 Å². The number of nitrogens with zero attached hydrogens (tertiary/aromatic N) is 4. The van der Waals surface area contributed by atoms with Gasteiger partial charge >= 0.3 is 0 Å². The molecule has 7 heteroatoms. The van der Waals surface area contributed by atoms with Crippen LogP contribution in [0.5, 0.6) is 0 Å². The van der Waals surface area contributed by atoms with Gasteiger partial charge < -0.3 is 15.3 Å². The molecule has 5 aliphatic rings. The molecule has 2 aromatic heterocycles. The van der Waals surface area contributed by atoms with Crippen molar-refractivity contribution in [2.24, 2.45) is 17.8 Å². The van der Waals surface area contributed by atoms with Crippen LogP contribution in [-0.4, -0.2) is 45.7 Å². The fourth-order valence-electron chi connectivity index (χ4n) is 7.29. The zero-order valence-corrected chi connectivity index (χ0v) is 19.4. The summed E-state index contributed by atoms with van der Waals surface area (Å²) >= 11 is 0. The standard InChI is InChI=1S/C27H31N5O2/c28-15-17-4-5-24(29-16-17)32-8-6-19(7-9-32)22-2-1-3-23(30-22)26(33)31-25-20-10-18-11-21(25)14-27(34,12-18)13-20/h1-5,16,18-21,25,34H,6-14H2,(H,31,33)/t18?,20?,21?,25-,27-. The largest absolute Gasteiger partial charge is 0.390 e. The number of anilines is 1. The van der Waals surface area contributed by atoms with E-state index in [-0.39, 0.29) is 11.9 Å². The highest BCUT2D eigenvalue weighted by atomic mass is 16.3. The molecular weight excluding hydrogens is 426 g/mol. The maximum absolute atomic E-state index is 13.2. The highest BCUT2D eigenvalue weighted by molar-refractivity contribution is 5.92. The second kappa shape index (κ2) is 8.35. The van der Waals surface area contributed by atoms with Gasteiger partial charge in [-0.15, -0.1) is 0 Å². The highest BCUT2D eigenvalue weighted by Crippen LogP contribution is 2.55. The highest BCUT2D eigenvalue weighted by Gasteiger charge is 2.55. The molecule has 0 aromatic carbocycles. The van der Waals surface area contributed by atoms with Crippen molar-refractivity contribution in [2.75, 3.05) is 18.0 Å². The molecule has 2 atom stereocenters. The molecule has 1 amide bonds. The fourth-order valence-corrected chi connectivity index (χ4v) is 7.29. The normalized spacial score (nSPS) is 32.4. The predicted octanol–water partition coefficient (Wildman–Crippen LogP) is 3.40. The molecule has 0 spiro atoms. The maximum Gasteiger partial charge on any atom is 0.270 e. The smallest absolute Gasteiger partial charge is 0.270 e. The van der Waals surface area contributed by atoms with Crippen LogP contribution in [0.2, 0.25) is 0 Å². The number of amides is 1. The van der Waals surface area contributed by atoms with Crippen molar-refractivity contribution in [1.29, 1.82) is 5.26 Å². The van der Waals surface area contributed by atoms with E-state index in [1.54, 1.807) is 6.20 Å². The van der Waals surface area contributed by atoms with E-state index in [1.165, 1.54) is 0 Å². The van der Waals surface area contributed by atoms with Crippen LogP contribution in [0.15, 0.2) is 36.5 Å². The lowest BCUT2D eigenvalue weighted by atomic mass is 9.52. The van der Waals surface area contributed by atoms with Gasteiger partial charge in [-0.25, -0.2) is 9.97 Å². The van der Waals surface area contributed by atoms with Gasteiger partial charge in [0, 0.05) is 36.9 Å². The van der Waals surface area contributed by atoms with Crippen molar-refractivity contribution in [1.82, 2.24) is 15.3 Å². The Balaban J connectivity index is 1.09. The van der Waals surface area contributed by atoms with Crippen molar-refractivity contribution in [3.63, 3.8) is 0 Å². The Bertz CT molecular complexity index is 1100. The average Bonchev–Trinajstić information content (AvgIpc) is 2.85. The third-order valence-corrected chi connectivity index (χ3v) is 8.66. The minimum Gasteiger partial charge on any atom is -0.390 e. The molecule has 4 bridgehead atoms. The molecule has 4 aliphatic carbocycles. The van der Waals surface area contributed by atoms with Crippen LogP contribution in [0.25, 0.3) is 0 Å². The van der Waals surface area contributed by atoms with Gasteiger partial charge in [0.1, 0.15) is 17.6 Å². The van der Waals surface area contributed by atoms with Crippen LogP contribution in [0.1, 0.15) is 72.6 Å². The first-order valence-electron chi connectivity index (χ1n) is 12.6. The summed E-state index contributed by atoms with van der Waals surface area (Å²) in [5.41, 5.74) is 1.57. The zero-order chi connectivity index (χ0) is 23.3. The number of pyridine rings is 2. The van der Waals surface area contributed by atoms with E-state index in [1.807, 2.05) is 30.3 Å². The van der Waals surface area contributed by atoms with Crippen LogP contribution in [0, 0.1) is 29.1 Å². The van der Waals surface area contributed by atoms with E-state index in [9.17, 15) is 9.90 Å². The first-order valence-corrected chi connectivity index (χ1v) is 12.6. The van der Waals surface area contributed by atoms with Crippen molar-refractivity contribution < 1.29 is 9.90 Å². The summed E-state index contributed by atoms with van der Waals surface area (Å²) in [6, 6.07) is 11.8. The minimum atomic E-state index is -0.488. The second-order valence-corrected chi connectivity index (χ2v) is 10.9. The summed E-state index contributed by atoms with van der Waals surface area (Å²) in [4.78, 5) is 24.6. The first-order chi connectivity index (χ1) is 16.5. The molecule has 3 heterocycles. The minimum absolute atomic E-state index is 0.0782. The number of rotatable bonds is 4.